The number of amides is 1. The zero-order valence-electron chi connectivity index (χ0n) is 19.2. The van der Waals surface area contributed by atoms with E-state index < -0.39 is 0 Å². The molecule has 2 aromatic rings. The van der Waals surface area contributed by atoms with E-state index in [4.69, 9.17) is 0 Å². The van der Waals surface area contributed by atoms with Crippen molar-refractivity contribution in [2.24, 2.45) is 4.99 Å². The minimum atomic E-state index is -0.0254. The summed E-state index contributed by atoms with van der Waals surface area (Å²) >= 11 is 1.79. The van der Waals surface area contributed by atoms with Crippen LogP contribution in [-0.2, 0) is 17.8 Å². The Balaban J connectivity index is 0.00000363. The molecule has 1 amide bonds. The van der Waals surface area contributed by atoms with E-state index >= 15 is 0 Å². The molecular formula is C21H35IN8OS. The molecule has 32 heavy (non-hydrogen) atoms. The number of carbonyl (C=O) groups excluding carboxylic acids is 1. The minimum absolute atomic E-state index is 0. The Kier molecular flexibility index (Phi) is 11.4. The summed E-state index contributed by atoms with van der Waals surface area (Å²) in [4.78, 5) is 22.0. The summed E-state index contributed by atoms with van der Waals surface area (Å²) in [5.74, 6) is 1.59. The summed E-state index contributed by atoms with van der Waals surface area (Å²) < 4.78 is 2.04. The number of halogens is 1. The van der Waals surface area contributed by atoms with Gasteiger partial charge in [-0.2, -0.15) is 0 Å². The highest BCUT2D eigenvalue weighted by molar-refractivity contribution is 14.0. The van der Waals surface area contributed by atoms with Crippen molar-refractivity contribution in [3.8, 4) is 0 Å². The fourth-order valence-electron chi connectivity index (χ4n) is 3.63. The number of carbonyl (C=O) groups is 1. The normalized spacial score (nSPS) is 15.3. The molecule has 9 nitrogen and oxygen atoms in total. The van der Waals surface area contributed by atoms with Gasteiger partial charge in [0.15, 0.2) is 5.96 Å². The summed E-state index contributed by atoms with van der Waals surface area (Å²) in [5.41, 5.74) is 0. The Bertz CT molecular complexity index is 833. The van der Waals surface area contributed by atoms with Gasteiger partial charge >= 0.3 is 0 Å². The van der Waals surface area contributed by atoms with Gasteiger partial charge in [0.05, 0.1) is 6.04 Å². The fraction of sp³-hybridized carbons (Fsp3) is 0.619. The molecule has 3 rings (SSSR count). The van der Waals surface area contributed by atoms with Crippen LogP contribution in [0, 0.1) is 0 Å². The second-order valence-electron chi connectivity index (χ2n) is 7.83. The first-order valence-corrected chi connectivity index (χ1v) is 11.8. The standard InChI is InChI=1S/C21H34N8OS.HI/c1-4-19-26-25-16-29(19)12-9-22-21(24-15-20(30)27(2)3)23-14-17(18-8-7-13-31-18)28-10-5-6-11-28;/h7-8,13,16-17H,4-6,9-12,14-15H2,1-3H3,(H2,22,23,24);1H. The Labute approximate surface area is 211 Å². The van der Waals surface area contributed by atoms with E-state index in [1.807, 2.05) is 4.57 Å². The van der Waals surface area contributed by atoms with Gasteiger partial charge in [-0.05, 0) is 37.4 Å². The lowest BCUT2D eigenvalue weighted by Gasteiger charge is -2.27. The fourth-order valence-corrected chi connectivity index (χ4v) is 4.49. The van der Waals surface area contributed by atoms with Gasteiger partial charge in [0.25, 0.3) is 0 Å². The maximum Gasteiger partial charge on any atom is 0.243 e. The number of guanidine groups is 1. The topological polar surface area (TPSA) is 90.7 Å². The number of aromatic nitrogens is 3. The van der Waals surface area contributed by atoms with Gasteiger partial charge in [-0.3, -0.25) is 9.69 Å². The zero-order chi connectivity index (χ0) is 22.1. The monoisotopic (exact) mass is 574 g/mol. The molecule has 11 heteroatoms. The molecule has 2 N–H and O–H groups in total. The number of likely N-dealkylation sites (tertiary alicyclic amines) is 1. The summed E-state index contributed by atoms with van der Waals surface area (Å²) in [6, 6.07) is 4.62. The van der Waals surface area contributed by atoms with E-state index in [1.165, 1.54) is 17.7 Å². The van der Waals surface area contributed by atoms with Gasteiger partial charge in [0.2, 0.25) is 5.91 Å². The molecule has 1 atom stereocenters. The highest BCUT2D eigenvalue weighted by Gasteiger charge is 2.24. The van der Waals surface area contributed by atoms with Crippen LogP contribution in [0.1, 0.15) is 36.5 Å². The number of rotatable bonds is 10. The Morgan fingerprint density at radius 2 is 2.09 bits per heavy atom. The largest absolute Gasteiger partial charge is 0.355 e. The average molecular weight is 575 g/mol. The van der Waals surface area contributed by atoms with Crippen molar-refractivity contribution in [2.75, 3.05) is 46.8 Å². The van der Waals surface area contributed by atoms with Crippen molar-refractivity contribution < 1.29 is 4.79 Å². The van der Waals surface area contributed by atoms with Crippen LogP contribution in [0.15, 0.2) is 28.8 Å². The first-order valence-electron chi connectivity index (χ1n) is 10.9. The van der Waals surface area contributed by atoms with Crippen LogP contribution in [0.3, 0.4) is 0 Å². The lowest BCUT2D eigenvalue weighted by atomic mass is 10.2. The number of aryl methyl sites for hydroxylation is 1. The average Bonchev–Trinajstić information content (AvgIpc) is 3.54. The number of hydrogen-bond acceptors (Lipinski definition) is 6. The summed E-state index contributed by atoms with van der Waals surface area (Å²) in [7, 11) is 3.49. The van der Waals surface area contributed by atoms with Gasteiger partial charge in [-0.15, -0.1) is 45.5 Å². The molecule has 1 aliphatic heterocycles. The van der Waals surface area contributed by atoms with Crippen molar-refractivity contribution in [3.05, 3.63) is 34.5 Å². The van der Waals surface area contributed by atoms with E-state index in [2.05, 4.69) is 55.2 Å². The van der Waals surface area contributed by atoms with Gasteiger partial charge < -0.3 is 20.1 Å². The predicted molar refractivity (Wildman–Crippen MR) is 140 cm³/mol. The molecule has 0 spiro atoms. The third-order valence-corrected chi connectivity index (χ3v) is 6.42. The second kappa shape index (κ2) is 13.7. The smallest absolute Gasteiger partial charge is 0.243 e. The van der Waals surface area contributed by atoms with Crippen LogP contribution >= 0.6 is 35.3 Å². The molecule has 2 aromatic heterocycles. The Morgan fingerprint density at radius 3 is 2.75 bits per heavy atom. The number of thiophene rings is 1. The third kappa shape index (κ3) is 7.69. The Hall–Kier alpha value is -1.73. The maximum absolute atomic E-state index is 12.1. The quantitative estimate of drug-likeness (QED) is 0.256. The summed E-state index contributed by atoms with van der Waals surface area (Å²) in [5, 5.41) is 17.1. The number of hydrogen-bond donors (Lipinski definition) is 2. The lowest BCUT2D eigenvalue weighted by Crippen LogP contribution is -2.44. The first-order chi connectivity index (χ1) is 15.1. The zero-order valence-corrected chi connectivity index (χ0v) is 22.3. The molecule has 0 bridgehead atoms. The molecular weight excluding hydrogens is 539 g/mol. The van der Waals surface area contributed by atoms with Crippen molar-refractivity contribution >= 4 is 47.2 Å². The molecule has 1 fully saturated rings. The molecule has 0 saturated carbocycles. The summed E-state index contributed by atoms with van der Waals surface area (Å²) in [6.07, 6.45) is 5.09. The molecule has 0 aliphatic carbocycles. The summed E-state index contributed by atoms with van der Waals surface area (Å²) in [6.45, 7) is 6.57. The second-order valence-corrected chi connectivity index (χ2v) is 8.81. The van der Waals surface area contributed by atoms with Gasteiger partial charge in [-0.1, -0.05) is 13.0 Å². The molecule has 0 aromatic carbocycles. The SMILES string of the molecule is CCc1nncn1CCNC(=NCC(=O)N(C)C)NCC(c1cccs1)N1CCCC1.I. The Morgan fingerprint density at radius 1 is 1.31 bits per heavy atom. The molecule has 0 radical (unpaired) electrons. The molecule has 3 heterocycles. The van der Waals surface area contributed by atoms with Crippen LogP contribution in [0.5, 0.6) is 0 Å². The first kappa shape index (κ1) is 26.5. The van der Waals surface area contributed by atoms with Crippen molar-refractivity contribution in [3.63, 3.8) is 0 Å². The highest BCUT2D eigenvalue weighted by atomic mass is 127. The van der Waals surface area contributed by atoms with Gasteiger partial charge in [0.1, 0.15) is 18.7 Å². The maximum atomic E-state index is 12.1. The van der Waals surface area contributed by atoms with E-state index in [0.29, 0.717) is 18.5 Å². The molecule has 1 unspecified atom stereocenters. The van der Waals surface area contributed by atoms with E-state index in [1.54, 1.807) is 36.7 Å². The highest BCUT2D eigenvalue weighted by Crippen LogP contribution is 2.27. The van der Waals surface area contributed by atoms with Crippen LogP contribution in [-0.4, -0.2) is 83.3 Å². The van der Waals surface area contributed by atoms with Crippen LogP contribution in [0.4, 0.5) is 0 Å². The van der Waals surface area contributed by atoms with Crippen LogP contribution < -0.4 is 10.6 Å². The number of likely N-dealkylation sites (N-methyl/N-ethyl adjacent to an activating group) is 1. The van der Waals surface area contributed by atoms with Crippen LogP contribution in [0.2, 0.25) is 0 Å². The van der Waals surface area contributed by atoms with E-state index in [0.717, 1.165) is 38.4 Å². The lowest BCUT2D eigenvalue weighted by molar-refractivity contribution is -0.127. The van der Waals surface area contributed by atoms with Crippen molar-refractivity contribution in [2.45, 2.75) is 38.8 Å². The number of nitrogens with one attached hydrogen (secondary N) is 2. The minimum Gasteiger partial charge on any atom is -0.355 e. The van der Waals surface area contributed by atoms with E-state index in [-0.39, 0.29) is 36.4 Å². The third-order valence-electron chi connectivity index (χ3n) is 5.44. The number of aliphatic imine (C=N–C) groups is 1. The van der Waals surface area contributed by atoms with E-state index in [9.17, 15) is 4.79 Å². The molecule has 1 aliphatic rings. The predicted octanol–water partition coefficient (Wildman–Crippen LogP) is 1.98. The molecule has 1 saturated heterocycles. The van der Waals surface area contributed by atoms with Crippen LogP contribution in [0.25, 0.3) is 0 Å². The van der Waals surface area contributed by atoms with Crippen molar-refractivity contribution in [1.82, 2.24) is 35.2 Å². The van der Waals surface area contributed by atoms with Gasteiger partial charge in [-0.25, -0.2) is 4.99 Å². The van der Waals surface area contributed by atoms with Crippen molar-refractivity contribution in [1.29, 1.82) is 0 Å². The molecule has 178 valence electrons. The number of nitrogens with zero attached hydrogens (tertiary/aromatic N) is 6. The van der Waals surface area contributed by atoms with Gasteiger partial charge in [0, 0.05) is 45.0 Å².